The van der Waals surface area contributed by atoms with Crippen LogP contribution in [0.5, 0.6) is 0 Å². The second-order valence-corrected chi connectivity index (χ2v) is 4.03. The normalized spacial score (nSPS) is 22.2. The first-order valence-corrected chi connectivity index (χ1v) is 4.42. The number of anilines is 1. The molecule has 1 atom stereocenters. The number of hydrogen-bond acceptors (Lipinski definition) is 2. The van der Waals surface area contributed by atoms with Crippen LogP contribution in [0.4, 0.5) is 5.82 Å². The predicted octanol–water partition coefficient (Wildman–Crippen LogP) is 1.83. The first kappa shape index (κ1) is 7.65. The number of nitrogen functional groups attached to an aromatic ring is 1. The van der Waals surface area contributed by atoms with Crippen LogP contribution in [0.2, 0.25) is 0 Å². The summed E-state index contributed by atoms with van der Waals surface area (Å²) >= 11 is 0. The van der Waals surface area contributed by atoms with E-state index in [0.29, 0.717) is 11.5 Å². The van der Waals surface area contributed by atoms with Gasteiger partial charge in [0.2, 0.25) is 0 Å². The molecule has 2 rings (SSSR count). The van der Waals surface area contributed by atoms with Gasteiger partial charge in [0.05, 0.1) is 12.2 Å². The van der Waals surface area contributed by atoms with Gasteiger partial charge in [-0.3, -0.25) is 0 Å². The predicted molar refractivity (Wildman–Crippen MR) is 48.7 cm³/mol. The third-order valence-electron chi connectivity index (χ3n) is 3.12. The zero-order valence-electron chi connectivity index (χ0n) is 7.62. The van der Waals surface area contributed by atoms with E-state index in [1.807, 2.05) is 10.7 Å². The van der Waals surface area contributed by atoms with Gasteiger partial charge in [-0.2, -0.15) is 5.10 Å². The average molecular weight is 165 g/mol. The molecule has 12 heavy (non-hydrogen) atoms. The van der Waals surface area contributed by atoms with Crippen LogP contribution in [0.1, 0.15) is 32.7 Å². The Kier molecular flexibility index (Phi) is 1.43. The highest BCUT2D eigenvalue weighted by molar-refractivity contribution is 5.27. The molecule has 1 fully saturated rings. The maximum absolute atomic E-state index is 5.77. The van der Waals surface area contributed by atoms with Crippen molar-refractivity contribution < 1.29 is 0 Å². The fourth-order valence-electron chi connectivity index (χ4n) is 1.56. The Morgan fingerprint density at radius 3 is 2.75 bits per heavy atom. The summed E-state index contributed by atoms with van der Waals surface area (Å²) in [6.45, 7) is 4.48. The average Bonchev–Trinajstić information content (AvgIpc) is 2.63. The molecule has 0 saturated heterocycles. The van der Waals surface area contributed by atoms with Crippen molar-refractivity contribution >= 4 is 5.82 Å². The molecule has 1 saturated carbocycles. The van der Waals surface area contributed by atoms with Crippen LogP contribution in [0, 0.1) is 5.41 Å². The standard InChI is InChI=1S/C9H15N3/c1-7(9(2)4-5-9)12-8(10)3-6-11-12/h3,6-7H,4-5,10H2,1-2H3. The molecule has 2 N–H and O–H groups in total. The fraction of sp³-hybridized carbons (Fsp3) is 0.667. The largest absolute Gasteiger partial charge is 0.384 e. The Hall–Kier alpha value is -0.990. The smallest absolute Gasteiger partial charge is 0.121 e. The van der Waals surface area contributed by atoms with Crippen LogP contribution in [-0.4, -0.2) is 9.78 Å². The second-order valence-electron chi connectivity index (χ2n) is 4.03. The van der Waals surface area contributed by atoms with Crippen molar-refractivity contribution in [2.75, 3.05) is 5.73 Å². The Bertz CT molecular complexity index is 286. The molecule has 1 aromatic heterocycles. The molecule has 1 aromatic rings. The molecular weight excluding hydrogens is 150 g/mol. The molecule has 0 aromatic carbocycles. The summed E-state index contributed by atoms with van der Waals surface area (Å²) in [6.07, 6.45) is 4.36. The Morgan fingerprint density at radius 2 is 2.33 bits per heavy atom. The summed E-state index contributed by atoms with van der Waals surface area (Å²) < 4.78 is 1.92. The molecule has 1 aliphatic rings. The quantitative estimate of drug-likeness (QED) is 0.726. The van der Waals surface area contributed by atoms with E-state index in [1.165, 1.54) is 12.8 Å². The van der Waals surface area contributed by atoms with Crippen molar-refractivity contribution in [2.24, 2.45) is 5.41 Å². The first-order valence-electron chi connectivity index (χ1n) is 4.42. The molecule has 1 aliphatic carbocycles. The number of aromatic nitrogens is 2. The lowest BCUT2D eigenvalue weighted by Gasteiger charge is -2.20. The topological polar surface area (TPSA) is 43.8 Å². The summed E-state index contributed by atoms with van der Waals surface area (Å²) in [4.78, 5) is 0. The lowest BCUT2D eigenvalue weighted by Crippen LogP contribution is -2.17. The van der Waals surface area contributed by atoms with Crippen molar-refractivity contribution in [3.8, 4) is 0 Å². The van der Waals surface area contributed by atoms with Gasteiger partial charge in [-0.05, 0) is 31.2 Å². The molecule has 66 valence electrons. The molecule has 0 spiro atoms. The third kappa shape index (κ3) is 1.00. The Labute approximate surface area is 72.6 Å². The minimum Gasteiger partial charge on any atom is -0.384 e. The van der Waals surface area contributed by atoms with E-state index in [2.05, 4.69) is 18.9 Å². The van der Waals surface area contributed by atoms with Gasteiger partial charge < -0.3 is 5.73 Å². The van der Waals surface area contributed by atoms with Gasteiger partial charge in [0.1, 0.15) is 5.82 Å². The van der Waals surface area contributed by atoms with Crippen molar-refractivity contribution in [1.82, 2.24) is 9.78 Å². The van der Waals surface area contributed by atoms with E-state index in [9.17, 15) is 0 Å². The SMILES string of the molecule is CC(n1nccc1N)C1(C)CC1. The van der Waals surface area contributed by atoms with Crippen LogP contribution in [0.15, 0.2) is 12.3 Å². The molecule has 3 heteroatoms. The molecule has 1 unspecified atom stereocenters. The maximum atomic E-state index is 5.77. The van der Waals surface area contributed by atoms with E-state index in [-0.39, 0.29) is 0 Å². The first-order chi connectivity index (χ1) is 5.63. The summed E-state index contributed by atoms with van der Waals surface area (Å²) in [7, 11) is 0. The minimum atomic E-state index is 0.437. The zero-order valence-corrected chi connectivity index (χ0v) is 7.62. The van der Waals surface area contributed by atoms with Crippen molar-refractivity contribution in [3.05, 3.63) is 12.3 Å². The number of rotatable bonds is 2. The van der Waals surface area contributed by atoms with Crippen LogP contribution >= 0.6 is 0 Å². The summed E-state index contributed by atoms with van der Waals surface area (Å²) in [5, 5.41) is 4.21. The zero-order chi connectivity index (χ0) is 8.77. The lowest BCUT2D eigenvalue weighted by molar-refractivity contribution is 0.335. The van der Waals surface area contributed by atoms with Gasteiger partial charge >= 0.3 is 0 Å². The van der Waals surface area contributed by atoms with Gasteiger partial charge in [0, 0.05) is 0 Å². The van der Waals surface area contributed by atoms with Crippen molar-refractivity contribution in [1.29, 1.82) is 0 Å². The summed E-state index contributed by atoms with van der Waals surface area (Å²) in [6, 6.07) is 2.29. The van der Waals surface area contributed by atoms with Crippen molar-refractivity contribution in [2.45, 2.75) is 32.7 Å². The monoisotopic (exact) mass is 165 g/mol. The van der Waals surface area contributed by atoms with E-state index < -0.39 is 0 Å². The molecule has 0 radical (unpaired) electrons. The van der Waals surface area contributed by atoms with Gasteiger partial charge in [-0.1, -0.05) is 6.92 Å². The van der Waals surface area contributed by atoms with Crippen LogP contribution in [0.3, 0.4) is 0 Å². The van der Waals surface area contributed by atoms with Gasteiger partial charge in [-0.25, -0.2) is 4.68 Å². The van der Waals surface area contributed by atoms with Gasteiger partial charge in [0.25, 0.3) is 0 Å². The number of nitrogens with zero attached hydrogens (tertiary/aromatic N) is 2. The molecule has 0 bridgehead atoms. The Balaban J connectivity index is 2.25. The highest BCUT2D eigenvalue weighted by Crippen LogP contribution is 2.53. The van der Waals surface area contributed by atoms with Crippen LogP contribution in [0.25, 0.3) is 0 Å². The highest BCUT2D eigenvalue weighted by Gasteiger charge is 2.44. The third-order valence-corrected chi connectivity index (χ3v) is 3.12. The fourth-order valence-corrected chi connectivity index (χ4v) is 1.56. The highest BCUT2D eigenvalue weighted by atomic mass is 15.3. The minimum absolute atomic E-state index is 0.437. The molecule has 1 heterocycles. The van der Waals surface area contributed by atoms with E-state index in [1.54, 1.807) is 6.20 Å². The molecule has 0 amide bonds. The van der Waals surface area contributed by atoms with Crippen LogP contribution in [-0.2, 0) is 0 Å². The van der Waals surface area contributed by atoms with Crippen molar-refractivity contribution in [3.63, 3.8) is 0 Å². The van der Waals surface area contributed by atoms with Crippen LogP contribution < -0.4 is 5.73 Å². The van der Waals surface area contributed by atoms with Gasteiger partial charge in [-0.15, -0.1) is 0 Å². The Morgan fingerprint density at radius 1 is 1.67 bits per heavy atom. The number of hydrogen-bond donors (Lipinski definition) is 1. The lowest BCUT2D eigenvalue weighted by atomic mass is 10.0. The second kappa shape index (κ2) is 2.25. The molecule has 0 aliphatic heterocycles. The summed E-state index contributed by atoms with van der Waals surface area (Å²) in [5.74, 6) is 0.774. The van der Waals surface area contributed by atoms with E-state index in [0.717, 1.165) is 5.82 Å². The molecule has 3 nitrogen and oxygen atoms in total. The van der Waals surface area contributed by atoms with E-state index >= 15 is 0 Å². The van der Waals surface area contributed by atoms with Gasteiger partial charge in [0.15, 0.2) is 0 Å². The molecular formula is C9H15N3. The van der Waals surface area contributed by atoms with E-state index in [4.69, 9.17) is 5.73 Å². The maximum Gasteiger partial charge on any atom is 0.121 e. The number of nitrogens with two attached hydrogens (primary N) is 1. The summed E-state index contributed by atoms with van der Waals surface area (Å²) in [5.41, 5.74) is 6.21.